The predicted molar refractivity (Wildman–Crippen MR) is 142 cm³/mol. The van der Waals surface area contributed by atoms with Crippen molar-refractivity contribution < 1.29 is 24.6 Å². The maximum atomic E-state index is 13.5. The fourth-order valence-corrected chi connectivity index (χ4v) is 4.88. The molecule has 6 nitrogen and oxygen atoms in total. The number of carbonyl (C=O) groups excluding carboxylic acids is 2. The van der Waals surface area contributed by atoms with E-state index in [0.717, 1.165) is 22.8 Å². The number of Topliss-reactive ketones (excluding diaryl/α,β-unsaturated/α-hetero) is 1. The highest BCUT2D eigenvalue weighted by Crippen LogP contribution is 2.43. The van der Waals surface area contributed by atoms with Crippen LogP contribution >= 0.6 is 0 Å². The van der Waals surface area contributed by atoms with Gasteiger partial charge in [-0.15, -0.1) is 0 Å². The molecule has 1 atom stereocenters. The molecule has 1 aliphatic rings. The van der Waals surface area contributed by atoms with Crippen molar-refractivity contribution in [1.82, 2.24) is 0 Å². The molecule has 1 unspecified atom stereocenters. The zero-order valence-electron chi connectivity index (χ0n) is 20.2. The number of aliphatic hydroxyl groups is 1. The summed E-state index contributed by atoms with van der Waals surface area (Å²) in [5.41, 5.74) is 3.30. The second-order valence-electron chi connectivity index (χ2n) is 9.03. The number of fused-ring (bicyclic) bond motifs is 1. The van der Waals surface area contributed by atoms with Gasteiger partial charge in [0.15, 0.2) is 0 Å². The summed E-state index contributed by atoms with van der Waals surface area (Å²) in [4.78, 5) is 39.4. The molecule has 0 aliphatic carbocycles. The molecule has 0 spiro atoms. The largest absolute Gasteiger partial charge is 0.507 e. The molecule has 1 amide bonds. The van der Waals surface area contributed by atoms with Gasteiger partial charge in [-0.05, 0) is 46.0 Å². The Bertz CT molecular complexity index is 1550. The maximum absolute atomic E-state index is 13.5. The van der Waals surface area contributed by atoms with Crippen molar-refractivity contribution in [3.8, 4) is 0 Å². The molecule has 4 aromatic rings. The van der Waals surface area contributed by atoms with Gasteiger partial charge in [0.25, 0.3) is 11.7 Å². The number of benzene rings is 4. The van der Waals surface area contributed by atoms with Crippen molar-refractivity contribution in [2.24, 2.45) is 0 Å². The molecule has 1 saturated heterocycles. The van der Waals surface area contributed by atoms with E-state index >= 15 is 0 Å². The summed E-state index contributed by atoms with van der Waals surface area (Å²) in [6, 6.07) is 26.3. The van der Waals surface area contributed by atoms with E-state index in [1.807, 2.05) is 61.5 Å². The number of ketones is 1. The lowest BCUT2D eigenvalue weighted by atomic mass is 9.92. The summed E-state index contributed by atoms with van der Waals surface area (Å²) in [6.07, 6.45) is 0.684. The van der Waals surface area contributed by atoms with Gasteiger partial charge >= 0.3 is 5.97 Å². The van der Waals surface area contributed by atoms with E-state index < -0.39 is 23.7 Å². The van der Waals surface area contributed by atoms with Gasteiger partial charge in [0.05, 0.1) is 18.0 Å². The summed E-state index contributed by atoms with van der Waals surface area (Å²) < 4.78 is 0. The maximum Gasteiger partial charge on any atom is 0.307 e. The zero-order valence-corrected chi connectivity index (χ0v) is 20.2. The first kappa shape index (κ1) is 24.0. The second-order valence-corrected chi connectivity index (χ2v) is 9.03. The fourth-order valence-electron chi connectivity index (χ4n) is 4.88. The number of aliphatic hydroxyl groups excluding tert-OH is 1. The molecule has 1 fully saturated rings. The quantitative estimate of drug-likeness (QED) is 0.206. The minimum absolute atomic E-state index is 0.0141. The first-order chi connectivity index (χ1) is 17.9. The highest BCUT2D eigenvalue weighted by Gasteiger charge is 2.47. The number of hydrogen-bond donors (Lipinski definition) is 2. The Morgan fingerprint density at radius 1 is 0.811 bits per heavy atom. The minimum atomic E-state index is -0.959. The van der Waals surface area contributed by atoms with Gasteiger partial charge in [-0.2, -0.15) is 0 Å². The van der Waals surface area contributed by atoms with Crippen molar-refractivity contribution in [1.29, 1.82) is 0 Å². The average molecular weight is 492 g/mol. The van der Waals surface area contributed by atoms with Crippen LogP contribution in [-0.2, 0) is 27.2 Å². The molecule has 184 valence electrons. The van der Waals surface area contributed by atoms with Gasteiger partial charge in [0.1, 0.15) is 5.76 Å². The number of anilines is 1. The first-order valence-electron chi connectivity index (χ1n) is 12.1. The normalized spacial score (nSPS) is 16.9. The highest BCUT2D eigenvalue weighted by molar-refractivity contribution is 6.51. The van der Waals surface area contributed by atoms with Gasteiger partial charge in [-0.1, -0.05) is 85.8 Å². The van der Waals surface area contributed by atoms with Crippen LogP contribution in [0.2, 0.25) is 0 Å². The number of hydrogen-bond acceptors (Lipinski definition) is 4. The Kier molecular flexibility index (Phi) is 6.32. The summed E-state index contributed by atoms with van der Waals surface area (Å²) in [5, 5.41) is 22.3. The molecule has 2 N–H and O–H groups in total. The summed E-state index contributed by atoms with van der Waals surface area (Å²) >= 11 is 0. The van der Waals surface area contributed by atoms with Crippen molar-refractivity contribution in [3.05, 3.63) is 119 Å². The van der Waals surface area contributed by atoms with Gasteiger partial charge < -0.3 is 10.2 Å². The van der Waals surface area contributed by atoms with E-state index in [0.29, 0.717) is 22.4 Å². The van der Waals surface area contributed by atoms with Crippen molar-refractivity contribution in [3.63, 3.8) is 0 Å². The molecular weight excluding hydrogens is 466 g/mol. The Morgan fingerprint density at radius 3 is 2.14 bits per heavy atom. The third-order valence-electron chi connectivity index (χ3n) is 6.76. The molecule has 0 saturated carbocycles. The lowest BCUT2D eigenvalue weighted by molar-refractivity contribution is -0.136. The third-order valence-corrected chi connectivity index (χ3v) is 6.76. The van der Waals surface area contributed by atoms with Gasteiger partial charge in [-0.25, -0.2) is 0 Å². The Hall–Kier alpha value is -4.71. The van der Waals surface area contributed by atoms with Crippen molar-refractivity contribution in [2.45, 2.75) is 25.8 Å². The third kappa shape index (κ3) is 4.38. The molecule has 6 heteroatoms. The molecule has 0 aromatic heterocycles. The molecule has 5 rings (SSSR count). The minimum Gasteiger partial charge on any atom is -0.507 e. The number of aliphatic carboxylic acids is 1. The van der Waals surface area contributed by atoms with E-state index in [1.165, 1.54) is 4.90 Å². The van der Waals surface area contributed by atoms with Crippen LogP contribution in [-0.4, -0.2) is 27.9 Å². The molecule has 4 aromatic carbocycles. The fraction of sp³-hybridized carbons (Fsp3) is 0.129. The summed E-state index contributed by atoms with van der Waals surface area (Å²) in [7, 11) is 0. The number of carboxylic acids is 1. The molecule has 1 aliphatic heterocycles. The second kappa shape index (κ2) is 9.74. The van der Waals surface area contributed by atoms with Crippen LogP contribution in [0.25, 0.3) is 16.5 Å². The number of aryl methyl sites for hydroxylation is 1. The summed E-state index contributed by atoms with van der Waals surface area (Å²) in [5.74, 6) is -2.72. The SMILES string of the molecule is CCc1ccc(C2/C(=C(/O)c3cccc4ccccc34)C(=O)C(=O)N2c2ccc(CC(=O)O)cc2)cc1. The monoisotopic (exact) mass is 491 g/mol. The van der Waals surface area contributed by atoms with Crippen LogP contribution < -0.4 is 4.90 Å². The molecule has 0 bridgehead atoms. The number of carboxylic acid groups (broad SMARTS) is 1. The molecular formula is C31H25NO5. The van der Waals surface area contributed by atoms with Crippen LogP contribution in [0.15, 0.2) is 96.6 Å². The lowest BCUT2D eigenvalue weighted by Gasteiger charge is -2.26. The number of rotatable bonds is 6. The van der Waals surface area contributed by atoms with Gasteiger partial charge in [0.2, 0.25) is 0 Å². The lowest BCUT2D eigenvalue weighted by Crippen LogP contribution is -2.29. The van der Waals surface area contributed by atoms with Crippen molar-refractivity contribution >= 4 is 39.9 Å². The topological polar surface area (TPSA) is 94.9 Å². The first-order valence-corrected chi connectivity index (χ1v) is 12.1. The van der Waals surface area contributed by atoms with Crippen LogP contribution in [0.5, 0.6) is 0 Å². The van der Waals surface area contributed by atoms with Crippen LogP contribution in [0.4, 0.5) is 5.69 Å². The smallest absolute Gasteiger partial charge is 0.307 e. The van der Waals surface area contributed by atoms with E-state index in [-0.39, 0.29) is 17.8 Å². The Balaban J connectivity index is 1.70. The molecule has 1 heterocycles. The van der Waals surface area contributed by atoms with E-state index in [1.54, 1.807) is 36.4 Å². The zero-order chi connectivity index (χ0) is 26.1. The van der Waals surface area contributed by atoms with Crippen molar-refractivity contribution in [2.75, 3.05) is 4.90 Å². The van der Waals surface area contributed by atoms with Crippen LogP contribution in [0.3, 0.4) is 0 Å². The van der Waals surface area contributed by atoms with E-state index in [4.69, 9.17) is 5.11 Å². The Labute approximate surface area is 214 Å². The number of carbonyl (C=O) groups is 3. The van der Waals surface area contributed by atoms with E-state index in [9.17, 15) is 19.5 Å². The number of nitrogens with zero attached hydrogens (tertiary/aromatic N) is 1. The standard InChI is InChI=1S/C31H25NO5/c1-2-19-10-14-22(15-11-19)28-27(29(35)25-9-5-7-21-6-3-4-8-24(21)25)30(36)31(37)32(28)23-16-12-20(13-17-23)18-26(33)34/h3-17,28,35H,2,18H2,1H3,(H,33,34)/b29-27-. The van der Waals surface area contributed by atoms with E-state index in [2.05, 4.69) is 0 Å². The number of amides is 1. The molecule has 0 radical (unpaired) electrons. The summed E-state index contributed by atoms with van der Waals surface area (Å²) in [6.45, 7) is 2.04. The Morgan fingerprint density at radius 2 is 1.46 bits per heavy atom. The van der Waals surface area contributed by atoms with Crippen LogP contribution in [0.1, 0.15) is 35.2 Å². The van der Waals surface area contributed by atoms with Crippen LogP contribution in [0, 0.1) is 0 Å². The van der Waals surface area contributed by atoms with Gasteiger partial charge in [0, 0.05) is 11.3 Å². The van der Waals surface area contributed by atoms with Gasteiger partial charge in [-0.3, -0.25) is 19.3 Å². The predicted octanol–water partition coefficient (Wildman–Crippen LogP) is 5.66. The molecule has 37 heavy (non-hydrogen) atoms. The highest BCUT2D eigenvalue weighted by atomic mass is 16.4. The average Bonchev–Trinajstić information content (AvgIpc) is 3.18.